The number of rotatable bonds is 9. The lowest BCUT2D eigenvalue weighted by Crippen LogP contribution is -2.39. The molecule has 1 amide bonds. The van der Waals surface area contributed by atoms with E-state index >= 15 is 4.39 Å². The van der Waals surface area contributed by atoms with Crippen LogP contribution < -0.4 is 10.1 Å². The predicted molar refractivity (Wildman–Crippen MR) is 150 cm³/mol. The first kappa shape index (κ1) is 28.4. The van der Waals surface area contributed by atoms with Crippen LogP contribution >= 0.6 is 34.8 Å². The number of nitrogens with one attached hydrogen (secondary N) is 1. The molecular formula is C30H23Cl3FNO4. The van der Waals surface area contributed by atoms with Gasteiger partial charge in [0.1, 0.15) is 12.6 Å². The molecule has 9 heteroatoms. The van der Waals surface area contributed by atoms with Crippen LogP contribution in [0.3, 0.4) is 0 Å². The third kappa shape index (κ3) is 7.51. The van der Waals surface area contributed by atoms with E-state index in [4.69, 9.17) is 44.3 Å². The van der Waals surface area contributed by atoms with Gasteiger partial charge in [0.2, 0.25) is 0 Å². The maximum atomic E-state index is 15.2. The molecular weight excluding hydrogens is 564 g/mol. The Bertz CT molecular complexity index is 1470. The molecule has 0 aliphatic rings. The first-order chi connectivity index (χ1) is 18.7. The molecule has 0 saturated carbocycles. The van der Waals surface area contributed by atoms with Crippen molar-refractivity contribution in [3.63, 3.8) is 0 Å². The van der Waals surface area contributed by atoms with Crippen LogP contribution in [0.4, 0.5) is 4.39 Å². The molecule has 2 atom stereocenters. The molecule has 0 radical (unpaired) electrons. The first-order valence-corrected chi connectivity index (χ1v) is 13.0. The monoisotopic (exact) mass is 585 g/mol. The number of esters is 1. The van der Waals surface area contributed by atoms with E-state index in [-0.39, 0.29) is 17.9 Å². The van der Waals surface area contributed by atoms with E-state index in [1.807, 2.05) is 30.3 Å². The summed E-state index contributed by atoms with van der Waals surface area (Å²) in [5, 5.41) is 3.84. The lowest BCUT2D eigenvalue weighted by atomic mass is 10.0. The Morgan fingerprint density at radius 2 is 1.56 bits per heavy atom. The van der Waals surface area contributed by atoms with Gasteiger partial charge in [0.05, 0.1) is 0 Å². The Morgan fingerprint density at radius 3 is 2.23 bits per heavy atom. The summed E-state index contributed by atoms with van der Waals surface area (Å²) in [6.07, 6.45) is -0.791. The minimum Gasteiger partial charge on any atom is -0.478 e. The third-order valence-electron chi connectivity index (χ3n) is 5.78. The SMILES string of the molecule is CC(NC(=O)c1ccc(OC(c2ccc(Cl)cc2)c2ccc(Cl)cc2Cl)c(F)c1)C(=O)OCc1ccccc1. The number of carbonyl (C=O) groups excluding carboxylic acids is 2. The van der Waals surface area contributed by atoms with Gasteiger partial charge in [0.15, 0.2) is 17.7 Å². The van der Waals surface area contributed by atoms with Crippen LogP contribution in [0.1, 0.15) is 40.1 Å². The number of carbonyl (C=O) groups is 2. The van der Waals surface area contributed by atoms with Gasteiger partial charge in [-0.05, 0) is 60.5 Å². The second-order valence-corrected chi connectivity index (χ2v) is 9.93. The molecule has 0 heterocycles. The molecule has 1 N–H and O–H groups in total. The Kier molecular flexibility index (Phi) is 9.46. The van der Waals surface area contributed by atoms with Gasteiger partial charge in [0, 0.05) is 26.2 Å². The second-order valence-electron chi connectivity index (χ2n) is 8.65. The third-order valence-corrected chi connectivity index (χ3v) is 6.60. The van der Waals surface area contributed by atoms with Crippen LogP contribution in [0.5, 0.6) is 5.75 Å². The number of benzene rings is 4. The normalized spacial score (nSPS) is 12.3. The van der Waals surface area contributed by atoms with Crippen molar-refractivity contribution in [1.82, 2.24) is 5.32 Å². The summed E-state index contributed by atoms with van der Waals surface area (Å²) in [4.78, 5) is 25.0. The van der Waals surface area contributed by atoms with E-state index in [0.29, 0.717) is 26.2 Å². The van der Waals surface area contributed by atoms with Gasteiger partial charge in [-0.15, -0.1) is 0 Å². The number of hydrogen-bond acceptors (Lipinski definition) is 4. The fourth-order valence-corrected chi connectivity index (χ4v) is 4.35. The van der Waals surface area contributed by atoms with Crippen LogP contribution in [0.15, 0.2) is 91.0 Å². The zero-order valence-corrected chi connectivity index (χ0v) is 22.9. The van der Waals surface area contributed by atoms with Gasteiger partial charge in [-0.3, -0.25) is 4.79 Å². The minimum absolute atomic E-state index is 0.00938. The highest BCUT2D eigenvalue weighted by molar-refractivity contribution is 6.35. The fourth-order valence-electron chi connectivity index (χ4n) is 3.72. The molecule has 4 rings (SSSR count). The maximum Gasteiger partial charge on any atom is 0.328 e. The van der Waals surface area contributed by atoms with Crippen molar-refractivity contribution in [2.75, 3.05) is 0 Å². The van der Waals surface area contributed by atoms with Crippen LogP contribution in [-0.2, 0) is 16.1 Å². The van der Waals surface area contributed by atoms with Gasteiger partial charge < -0.3 is 14.8 Å². The molecule has 0 spiro atoms. The average molecular weight is 587 g/mol. The molecule has 0 bridgehead atoms. The Balaban J connectivity index is 1.47. The van der Waals surface area contributed by atoms with Crippen molar-refractivity contribution >= 4 is 46.7 Å². The number of amides is 1. The largest absolute Gasteiger partial charge is 0.478 e. The Labute approximate surface area is 240 Å². The molecule has 5 nitrogen and oxygen atoms in total. The predicted octanol–water partition coefficient (Wildman–Crippen LogP) is 7.82. The summed E-state index contributed by atoms with van der Waals surface area (Å²) in [5.41, 5.74) is 2.06. The van der Waals surface area contributed by atoms with E-state index in [1.54, 1.807) is 42.5 Å². The van der Waals surface area contributed by atoms with E-state index in [2.05, 4.69) is 5.32 Å². The van der Waals surface area contributed by atoms with Crippen molar-refractivity contribution in [1.29, 1.82) is 0 Å². The van der Waals surface area contributed by atoms with E-state index < -0.39 is 29.8 Å². The Hall–Kier alpha value is -3.58. The van der Waals surface area contributed by atoms with Crippen LogP contribution in [0.2, 0.25) is 15.1 Å². The number of ether oxygens (including phenoxy) is 2. The highest BCUT2D eigenvalue weighted by Crippen LogP contribution is 2.35. The number of hydrogen-bond donors (Lipinski definition) is 1. The summed E-state index contributed by atoms with van der Waals surface area (Å²) in [6, 6.07) is 23.8. The van der Waals surface area contributed by atoms with Crippen LogP contribution in [-0.4, -0.2) is 17.9 Å². The highest BCUT2D eigenvalue weighted by Gasteiger charge is 2.23. The van der Waals surface area contributed by atoms with Gasteiger partial charge in [-0.2, -0.15) is 0 Å². The van der Waals surface area contributed by atoms with E-state index in [1.165, 1.54) is 19.1 Å². The van der Waals surface area contributed by atoms with Crippen molar-refractivity contribution in [2.45, 2.75) is 25.7 Å². The summed E-state index contributed by atoms with van der Waals surface area (Å²) in [5.74, 6) is -2.13. The molecule has 39 heavy (non-hydrogen) atoms. The maximum absolute atomic E-state index is 15.2. The summed E-state index contributed by atoms with van der Waals surface area (Å²) >= 11 is 18.5. The fraction of sp³-hybridized carbons (Fsp3) is 0.133. The smallest absolute Gasteiger partial charge is 0.328 e. The minimum atomic E-state index is -0.943. The highest BCUT2D eigenvalue weighted by atomic mass is 35.5. The average Bonchev–Trinajstić information content (AvgIpc) is 2.92. The van der Waals surface area contributed by atoms with Crippen molar-refractivity contribution in [3.8, 4) is 5.75 Å². The lowest BCUT2D eigenvalue weighted by molar-refractivity contribution is -0.146. The van der Waals surface area contributed by atoms with E-state index in [0.717, 1.165) is 11.6 Å². The topological polar surface area (TPSA) is 64.6 Å². The number of halogens is 4. The van der Waals surface area contributed by atoms with Crippen molar-refractivity contribution in [2.24, 2.45) is 0 Å². The first-order valence-electron chi connectivity index (χ1n) is 11.9. The van der Waals surface area contributed by atoms with Crippen LogP contribution in [0, 0.1) is 5.82 Å². The van der Waals surface area contributed by atoms with Gasteiger partial charge in [0.25, 0.3) is 5.91 Å². The molecule has 2 unspecified atom stereocenters. The molecule has 0 aliphatic carbocycles. The molecule has 0 fully saturated rings. The molecule has 4 aromatic rings. The van der Waals surface area contributed by atoms with Crippen molar-refractivity contribution < 1.29 is 23.5 Å². The second kappa shape index (κ2) is 13.0. The summed E-state index contributed by atoms with van der Waals surface area (Å²) < 4.78 is 26.5. The summed E-state index contributed by atoms with van der Waals surface area (Å²) in [6.45, 7) is 1.57. The molecule has 4 aromatic carbocycles. The van der Waals surface area contributed by atoms with Gasteiger partial charge >= 0.3 is 5.97 Å². The molecule has 0 aliphatic heterocycles. The van der Waals surface area contributed by atoms with E-state index in [9.17, 15) is 9.59 Å². The Morgan fingerprint density at radius 1 is 0.872 bits per heavy atom. The van der Waals surface area contributed by atoms with Gasteiger partial charge in [-0.1, -0.05) is 83.3 Å². The van der Waals surface area contributed by atoms with Gasteiger partial charge in [-0.25, -0.2) is 9.18 Å². The molecule has 200 valence electrons. The molecule has 0 aromatic heterocycles. The quantitative estimate of drug-likeness (QED) is 0.203. The van der Waals surface area contributed by atoms with Crippen LogP contribution in [0.25, 0.3) is 0 Å². The molecule has 0 saturated heterocycles. The zero-order chi connectivity index (χ0) is 27.9. The summed E-state index contributed by atoms with van der Waals surface area (Å²) in [7, 11) is 0. The van der Waals surface area contributed by atoms with Crippen molar-refractivity contribution in [3.05, 3.63) is 134 Å². The zero-order valence-electron chi connectivity index (χ0n) is 20.7. The standard InChI is InChI=1S/C30H23Cl3FNO4/c1-18(30(37)38-17-19-5-3-2-4-6-19)35-29(36)21-9-14-27(26(34)15-21)39-28(20-7-10-22(31)11-8-20)24-13-12-23(32)16-25(24)33/h2-16,18,28H,17H2,1H3,(H,35,36). The lowest BCUT2D eigenvalue weighted by Gasteiger charge is -2.22.